The van der Waals surface area contributed by atoms with Crippen LogP contribution in [0, 0.1) is 0 Å². The zero-order chi connectivity index (χ0) is 21.5. The van der Waals surface area contributed by atoms with E-state index >= 15 is 0 Å². The van der Waals surface area contributed by atoms with Crippen molar-refractivity contribution in [3.8, 4) is 11.5 Å². The Morgan fingerprint density at radius 1 is 1.10 bits per heavy atom. The van der Waals surface area contributed by atoms with Gasteiger partial charge < -0.3 is 19.6 Å². The summed E-state index contributed by atoms with van der Waals surface area (Å²) in [5.41, 5.74) is 4.78. The van der Waals surface area contributed by atoms with Crippen LogP contribution in [0.5, 0.6) is 11.5 Å². The van der Waals surface area contributed by atoms with E-state index in [4.69, 9.17) is 14.3 Å². The predicted octanol–water partition coefficient (Wildman–Crippen LogP) is 3.93. The van der Waals surface area contributed by atoms with Crippen molar-refractivity contribution in [1.82, 2.24) is 5.32 Å². The number of hydrogen-bond donors (Lipinski definition) is 1. The number of oxime groups is 1. The third kappa shape index (κ3) is 5.32. The Bertz CT molecular complexity index is 928. The molecule has 3 rings (SSSR count). The highest BCUT2D eigenvalue weighted by Gasteiger charge is 2.18. The Hall–Kier alpha value is -3.02. The van der Waals surface area contributed by atoms with Gasteiger partial charge in [0.2, 0.25) is 0 Å². The number of methoxy groups -OCH3 is 1. The van der Waals surface area contributed by atoms with Crippen LogP contribution < -0.4 is 14.8 Å². The molecule has 1 N–H and O–H groups in total. The molecule has 1 aliphatic carbocycles. The molecule has 0 radical (unpaired) electrons. The van der Waals surface area contributed by atoms with Crippen molar-refractivity contribution in [2.24, 2.45) is 5.16 Å². The number of aryl methyl sites for hydroxylation is 2. The van der Waals surface area contributed by atoms with Gasteiger partial charge in [0, 0.05) is 13.5 Å². The highest BCUT2D eigenvalue weighted by Crippen LogP contribution is 2.29. The van der Waals surface area contributed by atoms with Gasteiger partial charge in [-0.25, -0.2) is 0 Å². The maximum absolute atomic E-state index is 12.8. The number of ether oxygens (including phenoxy) is 2. The average Bonchev–Trinajstić information content (AvgIpc) is 3.20. The summed E-state index contributed by atoms with van der Waals surface area (Å²) in [6.07, 6.45) is 4.04. The van der Waals surface area contributed by atoms with E-state index in [1.165, 1.54) is 18.2 Å². The number of carbonyl (C=O) groups is 1. The number of hydrogen-bond acceptors (Lipinski definition) is 5. The molecular weight excluding hydrogens is 380 g/mol. The molecule has 0 atom stereocenters. The normalized spacial score (nSPS) is 13.2. The summed E-state index contributed by atoms with van der Waals surface area (Å²) in [6, 6.07) is 11.9. The Morgan fingerprint density at radius 3 is 2.63 bits per heavy atom. The first-order valence-electron chi connectivity index (χ1n) is 10.4. The average molecular weight is 413 g/mol. The van der Waals surface area contributed by atoms with Crippen LogP contribution in [0.2, 0.25) is 0 Å². The van der Waals surface area contributed by atoms with Gasteiger partial charge in [-0.1, -0.05) is 23.4 Å². The van der Waals surface area contributed by atoms with E-state index < -0.39 is 0 Å². The number of nitrogens with zero attached hydrogens (tertiary/aromatic N) is 1. The fraction of sp³-hybridized carbons (Fsp3) is 0.417. The maximum Gasteiger partial charge on any atom is 0.273 e. The predicted molar refractivity (Wildman–Crippen MR) is 120 cm³/mol. The highest BCUT2D eigenvalue weighted by atomic mass is 16.6. The number of rotatable bonds is 9. The van der Waals surface area contributed by atoms with Crippen molar-refractivity contribution in [3.05, 3.63) is 58.7 Å². The van der Waals surface area contributed by atoms with Crippen LogP contribution in [0.25, 0.3) is 0 Å². The van der Waals surface area contributed by atoms with Gasteiger partial charge in [0.25, 0.3) is 5.91 Å². The summed E-state index contributed by atoms with van der Waals surface area (Å²) in [5.74, 6) is 1.15. The lowest BCUT2D eigenvalue weighted by atomic mass is 10.0. The third-order valence-electron chi connectivity index (χ3n) is 5.06. The molecule has 0 saturated heterocycles. The molecule has 0 saturated carbocycles. The van der Waals surface area contributed by atoms with E-state index in [0.717, 1.165) is 30.4 Å². The number of carbonyl (C=O) groups excluding carboxylic acids is 1. The summed E-state index contributed by atoms with van der Waals surface area (Å²) in [7, 11) is 3.08. The van der Waals surface area contributed by atoms with Gasteiger partial charge in [0.15, 0.2) is 17.2 Å². The van der Waals surface area contributed by atoms with Crippen molar-refractivity contribution < 1.29 is 20.5 Å². The van der Waals surface area contributed by atoms with Gasteiger partial charge in [-0.15, -0.1) is 0 Å². The molecule has 2 aromatic rings. The first-order chi connectivity index (χ1) is 14.5. The van der Waals surface area contributed by atoms with E-state index in [1.807, 2.05) is 38.1 Å². The molecule has 162 valence electrons. The fourth-order valence-corrected chi connectivity index (χ4v) is 3.66. The van der Waals surface area contributed by atoms with Gasteiger partial charge in [0.1, 0.15) is 7.11 Å². The van der Waals surface area contributed by atoms with Crippen LogP contribution in [0.4, 0.5) is 0 Å². The summed E-state index contributed by atoms with van der Waals surface area (Å²) < 4.78 is 11.2. The molecule has 0 unspecified atom stereocenters. The molecule has 30 heavy (non-hydrogen) atoms. The molecule has 6 heteroatoms. The minimum absolute atomic E-state index is 0. The van der Waals surface area contributed by atoms with Gasteiger partial charge in [-0.3, -0.25) is 4.79 Å². The van der Waals surface area contributed by atoms with Crippen molar-refractivity contribution in [2.75, 3.05) is 20.8 Å². The van der Waals surface area contributed by atoms with Crippen molar-refractivity contribution in [3.63, 3.8) is 0 Å². The molecule has 2 aromatic carbocycles. The van der Waals surface area contributed by atoms with Crippen molar-refractivity contribution in [2.45, 2.75) is 45.6 Å². The fourth-order valence-electron chi connectivity index (χ4n) is 3.66. The molecular formula is C24H32N2O4. The Kier molecular flexibility index (Phi) is 7.33. The molecule has 0 aromatic heterocycles. The second kappa shape index (κ2) is 10.1. The van der Waals surface area contributed by atoms with Crippen LogP contribution in [-0.2, 0) is 28.9 Å². The summed E-state index contributed by atoms with van der Waals surface area (Å²) in [4.78, 5) is 17.7. The number of fused-ring (bicyclic) bond motifs is 1. The zero-order valence-electron chi connectivity index (χ0n) is 18.2. The van der Waals surface area contributed by atoms with Crippen molar-refractivity contribution in [1.29, 1.82) is 0 Å². The Balaban J connectivity index is 0.00000341. The Morgan fingerprint density at radius 2 is 1.90 bits per heavy atom. The largest absolute Gasteiger partial charge is 0.493 e. The molecule has 0 fully saturated rings. The molecule has 0 spiro atoms. The van der Waals surface area contributed by atoms with Crippen LogP contribution >= 0.6 is 0 Å². The van der Waals surface area contributed by atoms with Crippen molar-refractivity contribution >= 4 is 11.6 Å². The molecule has 6 nitrogen and oxygen atoms in total. The first kappa shape index (κ1) is 21.7. The third-order valence-corrected chi connectivity index (χ3v) is 5.06. The summed E-state index contributed by atoms with van der Waals surface area (Å²) >= 11 is 0. The smallest absolute Gasteiger partial charge is 0.273 e. The molecule has 1 aliphatic rings. The zero-order valence-corrected chi connectivity index (χ0v) is 18.2. The van der Waals surface area contributed by atoms with E-state index in [2.05, 4.69) is 22.6 Å². The lowest BCUT2D eigenvalue weighted by Crippen LogP contribution is -2.33. The topological polar surface area (TPSA) is 69.2 Å². The lowest BCUT2D eigenvalue weighted by molar-refractivity contribution is -0.114. The minimum Gasteiger partial charge on any atom is -0.493 e. The van der Waals surface area contributed by atoms with E-state index in [9.17, 15) is 4.79 Å². The Labute approximate surface area is 179 Å². The first-order valence-corrected chi connectivity index (χ1v) is 10.4. The van der Waals surface area contributed by atoms with Crippen LogP contribution in [0.15, 0.2) is 41.6 Å². The second-order valence-electron chi connectivity index (χ2n) is 7.62. The molecule has 1 amide bonds. The van der Waals surface area contributed by atoms with Crippen LogP contribution in [0.3, 0.4) is 0 Å². The van der Waals surface area contributed by atoms with Gasteiger partial charge in [0.05, 0.1) is 13.2 Å². The van der Waals surface area contributed by atoms with E-state index in [-0.39, 0.29) is 13.4 Å². The monoisotopic (exact) mass is 412 g/mol. The number of benzene rings is 2. The summed E-state index contributed by atoms with van der Waals surface area (Å²) in [6.45, 7) is 4.42. The SMILES string of the molecule is CO/N=C(\C(=O)NCCc1ccc(OC(C)C)c(OC)c1)c1ccc2c(c1)CCC2.[HH]. The highest BCUT2D eigenvalue weighted by molar-refractivity contribution is 6.45. The van der Waals surface area contributed by atoms with Crippen LogP contribution in [0.1, 0.15) is 43.9 Å². The standard InChI is InChI=1S/C24H30N2O4.H2/c1-16(2)30-21-11-8-17(14-22(21)28-3)12-13-25-24(27)23(26-29-4)20-10-9-18-6-5-7-19(18)15-20;/h8-11,14-16H,5-7,12-13H2,1-4H3,(H,25,27);1H/b26-23-;. The summed E-state index contributed by atoms with van der Waals surface area (Å²) in [5, 5.41) is 6.92. The minimum atomic E-state index is -0.249. The second-order valence-corrected chi connectivity index (χ2v) is 7.62. The quantitative estimate of drug-likeness (QED) is 0.501. The molecule has 0 aliphatic heterocycles. The van der Waals surface area contributed by atoms with E-state index in [1.54, 1.807) is 7.11 Å². The van der Waals surface area contributed by atoms with Gasteiger partial charge in [-0.2, -0.15) is 0 Å². The van der Waals surface area contributed by atoms with Crippen LogP contribution in [-0.4, -0.2) is 38.5 Å². The maximum atomic E-state index is 12.8. The molecule has 0 heterocycles. The van der Waals surface area contributed by atoms with Gasteiger partial charge >= 0.3 is 0 Å². The van der Waals surface area contributed by atoms with E-state index in [0.29, 0.717) is 30.2 Å². The lowest BCUT2D eigenvalue weighted by Gasteiger charge is -2.14. The van der Waals surface area contributed by atoms with Gasteiger partial charge in [-0.05, 0) is 74.4 Å². The molecule has 0 bridgehead atoms. The number of nitrogens with one attached hydrogen (secondary N) is 1. The number of amides is 1.